The summed E-state index contributed by atoms with van der Waals surface area (Å²) in [6.07, 6.45) is -1.00. The van der Waals surface area contributed by atoms with Gasteiger partial charge < -0.3 is 4.74 Å². The van der Waals surface area contributed by atoms with Crippen LogP contribution in [0.3, 0.4) is 0 Å². The molecule has 0 unspecified atom stereocenters. The van der Waals surface area contributed by atoms with E-state index >= 15 is 0 Å². The highest BCUT2D eigenvalue weighted by Crippen LogP contribution is 2.29. The van der Waals surface area contributed by atoms with Gasteiger partial charge in [0.1, 0.15) is 11.6 Å². The number of benzene rings is 3. The number of carbonyl (C=O) groups is 2. The number of esters is 1. The fourth-order valence-corrected chi connectivity index (χ4v) is 2.90. The summed E-state index contributed by atoms with van der Waals surface area (Å²) in [7, 11) is 0. The molecule has 0 amide bonds. The quantitative estimate of drug-likeness (QED) is 0.438. The van der Waals surface area contributed by atoms with Gasteiger partial charge in [-0.2, -0.15) is 0 Å². The highest BCUT2D eigenvalue weighted by molar-refractivity contribution is 5.98. The Balaban J connectivity index is 2.01. The van der Waals surface area contributed by atoms with E-state index in [0.717, 1.165) is 0 Å². The van der Waals surface area contributed by atoms with Gasteiger partial charge in [-0.25, -0.2) is 13.6 Å². The fourth-order valence-electron chi connectivity index (χ4n) is 2.90. The number of Topliss-reactive ketones (excluding diaryl/α,β-unsaturated/α-hetero) is 1. The van der Waals surface area contributed by atoms with Gasteiger partial charge in [0.2, 0.25) is 0 Å². The zero-order valence-corrected chi connectivity index (χ0v) is 15.4. The largest absolute Gasteiger partial charge is 0.449 e. The first-order valence-electron chi connectivity index (χ1n) is 8.68. The molecule has 0 saturated heterocycles. The molecule has 0 atom stereocenters. The SMILES string of the molecule is CC(=O)c1ccc(C)c(C(=O)OC(c2cccc(F)c2)c2cccc(F)c2)c1. The molecule has 0 aliphatic rings. The van der Waals surface area contributed by atoms with Crippen LogP contribution in [0.15, 0.2) is 66.7 Å². The Labute approximate surface area is 161 Å². The molecule has 0 aliphatic heterocycles. The lowest BCUT2D eigenvalue weighted by Crippen LogP contribution is -2.15. The number of rotatable bonds is 5. The van der Waals surface area contributed by atoms with Crippen LogP contribution in [0.2, 0.25) is 0 Å². The maximum atomic E-state index is 13.7. The minimum Gasteiger partial charge on any atom is -0.449 e. The average molecular weight is 380 g/mol. The Bertz CT molecular complexity index is 998. The van der Waals surface area contributed by atoms with Crippen LogP contribution >= 0.6 is 0 Å². The molecule has 3 nitrogen and oxygen atoms in total. The number of hydrogen-bond acceptors (Lipinski definition) is 3. The molecule has 0 spiro atoms. The van der Waals surface area contributed by atoms with Crippen LogP contribution in [0.5, 0.6) is 0 Å². The smallest absolute Gasteiger partial charge is 0.339 e. The van der Waals surface area contributed by atoms with E-state index in [0.29, 0.717) is 22.3 Å². The molecule has 0 N–H and O–H groups in total. The van der Waals surface area contributed by atoms with E-state index in [1.165, 1.54) is 49.4 Å². The summed E-state index contributed by atoms with van der Waals surface area (Å²) < 4.78 is 33.1. The summed E-state index contributed by atoms with van der Waals surface area (Å²) in [5.41, 5.74) is 1.99. The van der Waals surface area contributed by atoms with Gasteiger partial charge in [0, 0.05) is 5.56 Å². The van der Waals surface area contributed by atoms with Crippen molar-refractivity contribution in [2.45, 2.75) is 20.0 Å². The Morgan fingerprint density at radius 2 is 1.43 bits per heavy atom. The van der Waals surface area contributed by atoms with E-state index in [2.05, 4.69) is 0 Å². The average Bonchev–Trinajstić information content (AvgIpc) is 2.66. The predicted octanol–water partition coefficient (Wildman–Crippen LogP) is 5.42. The molecule has 0 aromatic heterocycles. The van der Waals surface area contributed by atoms with Gasteiger partial charge in [-0.1, -0.05) is 36.4 Å². The normalized spacial score (nSPS) is 10.8. The van der Waals surface area contributed by atoms with Gasteiger partial charge >= 0.3 is 5.97 Å². The van der Waals surface area contributed by atoms with E-state index in [1.807, 2.05) is 0 Å². The summed E-state index contributed by atoms with van der Waals surface area (Å²) in [5.74, 6) is -1.85. The van der Waals surface area contributed by atoms with Gasteiger partial charge in [0.15, 0.2) is 11.9 Å². The van der Waals surface area contributed by atoms with Gasteiger partial charge in [-0.15, -0.1) is 0 Å². The molecule has 3 rings (SSSR count). The van der Waals surface area contributed by atoms with Crippen molar-refractivity contribution in [3.63, 3.8) is 0 Å². The first kappa shape index (κ1) is 19.4. The second-order valence-electron chi connectivity index (χ2n) is 6.48. The van der Waals surface area contributed by atoms with E-state index in [9.17, 15) is 18.4 Å². The summed E-state index contributed by atoms with van der Waals surface area (Å²) in [5, 5.41) is 0. The lowest BCUT2D eigenvalue weighted by atomic mass is 10.00. The van der Waals surface area contributed by atoms with Crippen molar-refractivity contribution in [2.24, 2.45) is 0 Å². The molecular weight excluding hydrogens is 362 g/mol. The van der Waals surface area contributed by atoms with Crippen molar-refractivity contribution in [1.29, 1.82) is 0 Å². The summed E-state index contributed by atoms with van der Waals surface area (Å²) in [6.45, 7) is 3.13. The summed E-state index contributed by atoms with van der Waals surface area (Å²) in [4.78, 5) is 24.5. The third-order valence-corrected chi connectivity index (χ3v) is 4.39. The highest BCUT2D eigenvalue weighted by Gasteiger charge is 2.22. The third kappa shape index (κ3) is 4.31. The summed E-state index contributed by atoms with van der Waals surface area (Å²) >= 11 is 0. The Hall–Kier alpha value is -3.34. The molecule has 142 valence electrons. The molecule has 0 fully saturated rings. The van der Waals surface area contributed by atoms with E-state index < -0.39 is 23.7 Å². The third-order valence-electron chi connectivity index (χ3n) is 4.39. The molecular formula is C23H18F2O3. The maximum absolute atomic E-state index is 13.7. The second-order valence-corrected chi connectivity index (χ2v) is 6.48. The van der Waals surface area contributed by atoms with Crippen molar-refractivity contribution in [3.05, 3.63) is 106 Å². The zero-order valence-electron chi connectivity index (χ0n) is 15.4. The van der Waals surface area contributed by atoms with Crippen LogP contribution in [-0.2, 0) is 4.74 Å². The van der Waals surface area contributed by atoms with Crippen molar-refractivity contribution in [2.75, 3.05) is 0 Å². The van der Waals surface area contributed by atoms with Crippen LogP contribution in [-0.4, -0.2) is 11.8 Å². The van der Waals surface area contributed by atoms with E-state index in [4.69, 9.17) is 4.74 Å². The standard InChI is InChI=1S/C23H18F2O3/c1-14-9-10-16(15(2)26)13-21(14)23(27)28-22(17-5-3-7-19(24)11-17)18-6-4-8-20(25)12-18/h3-13,22H,1-2H3. The minimum atomic E-state index is -1.00. The summed E-state index contributed by atoms with van der Waals surface area (Å²) in [6, 6.07) is 16.0. The molecule has 3 aromatic carbocycles. The van der Waals surface area contributed by atoms with Gasteiger partial charge in [-0.3, -0.25) is 4.79 Å². The maximum Gasteiger partial charge on any atom is 0.339 e. The lowest BCUT2D eigenvalue weighted by molar-refractivity contribution is 0.0376. The molecule has 3 aromatic rings. The van der Waals surface area contributed by atoms with E-state index in [-0.39, 0.29) is 11.3 Å². The molecule has 5 heteroatoms. The lowest BCUT2D eigenvalue weighted by Gasteiger charge is -2.20. The Kier molecular flexibility index (Phi) is 5.64. The number of ketones is 1. The Morgan fingerprint density at radius 1 is 0.857 bits per heavy atom. The first-order chi connectivity index (χ1) is 13.3. The number of hydrogen-bond donors (Lipinski definition) is 0. The number of halogens is 2. The van der Waals surface area contributed by atoms with Crippen molar-refractivity contribution in [1.82, 2.24) is 0 Å². The van der Waals surface area contributed by atoms with Crippen LogP contribution in [0.4, 0.5) is 8.78 Å². The van der Waals surface area contributed by atoms with Crippen LogP contribution < -0.4 is 0 Å². The molecule has 0 heterocycles. The van der Waals surface area contributed by atoms with E-state index in [1.54, 1.807) is 31.2 Å². The van der Waals surface area contributed by atoms with Crippen molar-refractivity contribution >= 4 is 11.8 Å². The number of carbonyl (C=O) groups excluding carboxylic acids is 2. The molecule has 0 radical (unpaired) electrons. The van der Waals surface area contributed by atoms with Gasteiger partial charge in [0.25, 0.3) is 0 Å². The fraction of sp³-hybridized carbons (Fsp3) is 0.130. The van der Waals surface area contributed by atoms with Crippen LogP contribution in [0, 0.1) is 18.6 Å². The zero-order chi connectivity index (χ0) is 20.3. The number of ether oxygens (including phenoxy) is 1. The topological polar surface area (TPSA) is 43.4 Å². The monoisotopic (exact) mass is 380 g/mol. The molecule has 0 saturated carbocycles. The minimum absolute atomic E-state index is 0.180. The van der Waals surface area contributed by atoms with Gasteiger partial charge in [-0.05, 0) is 60.9 Å². The van der Waals surface area contributed by atoms with Crippen LogP contribution in [0.1, 0.15) is 50.4 Å². The van der Waals surface area contributed by atoms with Crippen LogP contribution in [0.25, 0.3) is 0 Å². The van der Waals surface area contributed by atoms with Crippen molar-refractivity contribution < 1.29 is 23.1 Å². The molecule has 0 aliphatic carbocycles. The Morgan fingerprint density at radius 3 is 1.93 bits per heavy atom. The predicted molar refractivity (Wildman–Crippen MR) is 101 cm³/mol. The number of aryl methyl sites for hydroxylation is 1. The van der Waals surface area contributed by atoms with Gasteiger partial charge in [0.05, 0.1) is 5.56 Å². The molecule has 0 bridgehead atoms. The van der Waals surface area contributed by atoms with Crippen molar-refractivity contribution in [3.8, 4) is 0 Å². The molecule has 28 heavy (non-hydrogen) atoms. The highest BCUT2D eigenvalue weighted by atomic mass is 19.1. The second kappa shape index (κ2) is 8.13. The first-order valence-corrected chi connectivity index (χ1v) is 8.68.